The number of carbonyl (C=O) groups is 1. The van der Waals surface area contributed by atoms with Crippen LogP contribution in [-0.4, -0.2) is 12.5 Å². The van der Waals surface area contributed by atoms with Crippen molar-refractivity contribution in [2.45, 2.75) is 11.3 Å². The lowest BCUT2D eigenvalue weighted by atomic mass is 10.1. The molecule has 1 heterocycles. The van der Waals surface area contributed by atoms with E-state index in [9.17, 15) is 4.79 Å². The summed E-state index contributed by atoms with van der Waals surface area (Å²) >= 11 is 4.20. The van der Waals surface area contributed by atoms with Gasteiger partial charge in [0.15, 0.2) is 0 Å². The summed E-state index contributed by atoms with van der Waals surface area (Å²) in [6.07, 6.45) is 0.677. The van der Waals surface area contributed by atoms with Gasteiger partial charge in [0.25, 0.3) is 0 Å². The van der Waals surface area contributed by atoms with Crippen LogP contribution in [0.2, 0.25) is 0 Å². The highest BCUT2D eigenvalue weighted by molar-refractivity contribution is 7.80. The van der Waals surface area contributed by atoms with Gasteiger partial charge in [-0.05, 0) is 18.2 Å². The topological polar surface area (TPSA) is 20.3 Å². The minimum atomic E-state index is 0.203. The van der Waals surface area contributed by atoms with Gasteiger partial charge in [-0.1, -0.05) is 6.07 Å². The Labute approximate surface area is 76.6 Å². The van der Waals surface area contributed by atoms with E-state index in [0.717, 1.165) is 17.1 Å². The van der Waals surface area contributed by atoms with Gasteiger partial charge in [-0.3, -0.25) is 4.79 Å². The van der Waals surface area contributed by atoms with Crippen LogP contribution in [0, 0.1) is 0 Å². The average molecular weight is 179 g/mol. The number of amides is 1. The van der Waals surface area contributed by atoms with Crippen molar-refractivity contribution in [1.82, 2.24) is 0 Å². The molecule has 1 aromatic rings. The number of hydrogen-bond acceptors (Lipinski definition) is 2. The Morgan fingerprint density at radius 2 is 2.25 bits per heavy atom. The molecule has 1 aliphatic rings. The molecule has 0 saturated carbocycles. The summed E-state index contributed by atoms with van der Waals surface area (Å²) in [7, 11) is 0. The summed E-state index contributed by atoms with van der Waals surface area (Å²) in [6, 6.07) is 7.64. The van der Waals surface area contributed by atoms with Crippen LogP contribution in [0.5, 0.6) is 0 Å². The second-order valence-corrected chi connectivity index (χ2v) is 3.33. The molecule has 2 rings (SSSR count). The van der Waals surface area contributed by atoms with Crippen LogP contribution in [0.4, 0.5) is 5.69 Å². The van der Waals surface area contributed by atoms with Gasteiger partial charge in [0.1, 0.15) is 0 Å². The smallest absolute Gasteiger partial charge is 0.228 e. The van der Waals surface area contributed by atoms with Gasteiger partial charge in [-0.2, -0.15) is 0 Å². The lowest BCUT2D eigenvalue weighted by molar-refractivity contribution is -0.122. The normalized spacial score (nSPS) is 16.1. The van der Waals surface area contributed by atoms with E-state index in [4.69, 9.17) is 0 Å². The van der Waals surface area contributed by atoms with Crippen molar-refractivity contribution in [1.29, 1.82) is 0 Å². The Bertz CT molecular complexity index is 324. The van der Waals surface area contributed by atoms with Crippen molar-refractivity contribution in [2.75, 3.05) is 11.4 Å². The van der Waals surface area contributed by atoms with E-state index in [1.165, 1.54) is 0 Å². The van der Waals surface area contributed by atoms with Gasteiger partial charge in [-0.15, -0.1) is 12.6 Å². The van der Waals surface area contributed by atoms with Crippen LogP contribution in [0.3, 0.4) is 0 Å². The van der Waals surface area contributed by atoms with Gasteiger partial charge in [-0.25, -0.2) is 0 Å². The van der Waals surface area contributed by atoms with Crippen LogP contribution >= 0.6 is 12.6 Å². The van der Waals surface area contributed by atoms with Gasteiger partial charge in [0.2, 0.25) is 5.91 Å². The predicted octanol–water partition coefficient (Wildman–Crippen LogP) is 1.71. The number of nitrogens with zero attached hydrogens (tertiary/aromatic N) is 1. The van der Waals surface area contributed by atoms with Crippen LogP contribution in [-0.2, 0) is 4.79 Å². The second-order valence-electron chi connectivity index (χ2n) is 2.82. The molecule has 12 heavy (non-hydrogen) atoms. The summed E-state index contributed by atoms with van der Waals surface area (Å²) < 4.78 is 0. The fraction of sp³-hybridized carbons (Fsp3) is 0.222. The predicted molar refractivity (Wildman–Crippen MR) is 50.7 cm³/mol. The standard InChI is InChI=1S/C9H9NOS/c11-9-4-5-10(9)7-2-1-3-8(12)6-7/h1-3,6,12H,4-5H2. The minimum absolute atomic E-state index is 0.203. The maximum absolute atomic E-state index is 11.0. The molecule has 0 N–H and O–H groups in total. The Morgan fingerprint density at radius 3 is 2.75 bits per heavy atom. The van der Waals surface area contributed by atoms with E-state index in [1.807, 2.05) is 24.3 Å². The summed E-state index contributed by atoms with van der Waals surface area (Å²) in [4.78, 5) is 13.7. The number of benzene rings is 1. The number of rotatable bonds is 1. The number of β-lactam (4-membered cyclic amide) rings is 1. The van der Waals surface area contributed by atoms with Crippen LogP contribution in [0.1, 0.15) is 6.42 Å². The first-order valence-corrected chi connectivity index (χ1v) is 4.31. The third-order valence-corrected chi connectivity index (χ3v) is 2.27. The number of carbonyl (C=O) groups excluding carboxylic acids is 1. The summed E-state index contributed by atoms with van der Waals surface area (Å²) in [5.74, 6) is 0.203. The number of thiol groups is 1. The molecular formula is C9H9NOS. The number of hydrogen-bond donors (Lipinski definition) is 1. The third-order valence-electron chi connectivity index (χ3n) is 1.99. The van der Waals surface area contributed by atoms with Crippen molar-refractivity contribution in [3.63, 3.8) is 0 Å². The lowest BCUT2D eigenvalue weighted by Gasteiger charge is -2.30. The van der Waals surface area contributed by atoms with Gasteiger partial charge >= 0.3 is 0 Å². The molecular weight excluding hydrogens is 170 g/mol. The summed E-state index contributed by atoms with van der Waals surface area (Å²) in [5.41, 5.74) is 0.957. The molecule has 0 aromatic heterocycles. The molecule has 0 bridgehead atoms. The fourth-order valence-corrected chi connectivity index (χ4v) is 1.47. The first-order valence-electron chi connectivity index (χ1n) is 3.87. The van der Waals surface area contributed by atoms with Crippen LogP contribution in [0.15, 0.2) is 29.2 Å². The summed E-state index contributed by atoms with van der Waals surface area (Å²) in [5, 5.41) is 0. The van der Waals surface area contributed by atoms with Gasteiger partial charge < -0.3 is 4.90 Å². The molecule has 3 heteroatoms. The van der Waals surface area contributed by atoms with Crippen molar-refractivity contribution >= 4 is 24.2 Å². The molecule has 1 saturated heterocycles. The van der Waals surface area contributed by atoms with E-state index in [-0.39, 0.29) is 5.91 Å². The Kier molecular flexibility index (Phi) is 1.81. The van der Waals surface area contributed by atoms with E-state index in [2.05, 4.69) is 12.6 Å². The molecule has 1 amide bonds. The maximum Gasteiger partial charge on any atom is 0.228 e. The first kappa shape index (κ1) is 7.68. The quantitative estimate of drug-likeness (QED) is 0.514. The van der Waals surface area contributed by atoms with Gasteiger partial charge in [0.05, 0.1) is 0 Å². The molecule has 1 aromatic carbocycles. The Hall–Kier alpha value is -0.960. The maximum atomic E-state index is 11.0. The molecule has 0 radical (unpaired) electrons. The SMILES string of the molecule is O=C1CCN1c1cccc(S)c1. The molecule has 0 aliphatic carbocycles. The zero-order valence-electron chi connectivity index (χ0n) is 6.53. The molecule has 1 aliphatic heterocycles. The van der Waals surface area contributed by atoms with E-state index in [0.29, 0.717) is 6.42 Å². The third kappa shape index (κ3) is 1.20. The second kappa shape index (κ2) is 2.83. The largest absolute Gasteiger partial charge is 0.312 e. The molecule has 0 unspecified atom stereocenters. The summed E-state index contributed by atoms with van der Waals surface area (Å²) in [6.45, 7) is 0.843. The van der Waals surface area contributed by atoms with Crippen molar-refractivity contribution in [3.05, 3.63) is 24.3 Å². The monoisotopic (exact) mass is 179 g/mol. The van der Waals surface area contributed by atoms with E-state index < -0.39 is 0 Å². The molecule has 2 nitrogen and oxygen atoms in total. The van der Waals surface area contributed by atoms with Crippen molar-refractivity contribution in [2.24, 2.45) is 0 Å². The van der Waals surface area contributed by atoms with Crippen molar-refractivity contribution in [3.8, 4) is 0 Å². The van der Waals surface area contributed by atoms with Crippen LogP contribution < -0.4 is 4.90 Å². The molecule has 0 atom stereocenters. The molecule has 62 valence electrons. The highest BCUT2D eigenvalue weighted by atomic mass is 32.1. The molecule has 0 spiro atoms. The first-order chi connectivity index (χ1) is 5.77. The highest BCUT2D eigenvalue weighted by Crippen LogP contribution is 2.23. The van der Waals surface area contributed by atoms with Gasteiger partial charge in [0, 0.05) is 23.5 Å². The Balaban J connectivity index is 2.28. The zero-order chi connectivity index (χ0) is 8.55. The Morgan fingerprint density at radius 1 is 1.42 bits per heavy atom. The van der Waals surface area contributed by atoms with Crippen LogP contribution in [0.25, 0.3) is 0 Å². The number of anilines is 1. The van der Waals surface area contributed by atoms with E-state index in [1.54, 1.807) is 4.90 Å². The zero-order valence-corrected chi connectivity index (χ0v) is 7.42. The molecule has 1 fully saturated rings. The fourth-order valence-electron chi connectivity index (χ4n) is 1.25. The lowest BCUT2D eigenvalue weighted by Crippen LogP contribution is -2.43. The average Bonchev–Trinajstić information content (AvgIpc) is 2.02. The van der Waals surface area contributed by atoms with Crippen molar-refractivity contribution < 1.29 is 4.79 Å². The highest BCUT2D eigenvalue weighted by Gasteiger charge is 2.24. The minimum Gasteiger partial charge on any atom is -0.312 e. The van der Waals surface area contributed by atoms with E-state index >= 15 is 0 Å².